The van der Waals surface area contributed by atoms with Crippen molar-refractivity contribution < 1.29 is 14.3 Å². The summed E-state index contributed by atoms with van der Waals surface area (Å²) in [6, 6.07) is 4.25. The molecule has 1 N–H and O–H groups in total. The summed E-state index contributed by atoms with van der Waals surface area (Å²) < 4.78 is 6.09. The Hall–Kier alpha value is -2.03. The Morgan fingerprint density at radius 2 is 2.13 bits per heavy atom. The van der Waals surface area contributed by atoms with E-state index in [2.05, 4.69) is 15.2 Å². The van der Waals surface area contributed by atoms with Crippen LogP contribution >= 0.6 is 11.3 Å². The maximum absolute atomic E-state index is 12.9. The van der Waals surface area contributed by atoms with Crippen LogP contribution in [0.5, 0.6) is 0 Å². The van der Waals surface area contributed by atoms with Gasteiger partial charge in [0.15, 0.2) is 0 Å². The van der Waals surface area contributed by atoms with Gasteiger partial charge in [-0.25, -0.2) is 4.98 Å². The lowest BCUT2D eigenvalue weighted by Gasteiger charge is -2.36. The number of nitrogens with one attached hydrogen (secondary N) is 1. The molecule has 1 saturated heterocycles. The van der Waals surface area contributed by atoms with Gasteiger partial charge in [-0.1, -0.05) is 25.3 Å². The number of carbonyl (C=O) groups excluding carboxylic acids is 2. The van der Waals surface area contributed by atoms with Gasteiger partial charge in [-0.3, -0.25) is 14.5 Å². The molecule has 0 spiro atoms. The van der Waals surface area contributed by atoms with Crippen molar-refractivity contribution in [3.63, 3.8) is 0 Å². The molecule has 30 heavy (non-hydrogen) atoms. The number of rotatable bonds is 5. The number of thiophene rings is 1. The number of aromatic nitrogens is 1. The van der Waals surface area contributed by atoms with Crippen LogP contribution in [0.25, 0.3) is 10.2 Å². The van der Waals surface area contributed by atoms with E-state index in [1.807, 2.05) is 24.1 Å². The summed E-state index contributed by atoms with van der Waals surface area (Å²) in [7, 11) is 3.58. The molecule has 2 aliphatic rings. The molecule has 8 heteroatoms. The summed E-state index contributed by atoms with van der Waals surface area (Å²) in [6.45, 7) is 2.24. The monoisotopic (exact) mass is 430 g/mol. The van der Waals surface area contributed by atoms with Gasteiger partial charge in [0, 0.05) is 50.4 Å². The van der Waals surface area contributed by atoms with E-state index in [9.17, 15) is 9.59 Å². The fourth-order valence-electron chi connectivity index (χ4n) is 4.55. The standard InChI is InChI=1S/C22H30N4O3S/c1-23-21(28)20-19(16-9-6-10-24-22(16)30-20)17-13-26(11-12-29-17)14-18(27)25(2)15-7-4-3-5-8-15/h6,9-10,15,17H,3-5,7-8,11-14H2,1-2H3,(H,23,28)/t17-/m0/s1. The fourth-order valence-corrected chi connectivity index (χ4v) is 5.69. The molecule has 1 atom stereocenters. The van der Waals surface area contributed by atoms with Gasteiger partial charge in [0.1, 0.15) is 9.71 Å². The Labute approximate surface area is 181 Å². The molecule has 2 aromatic heterocycles. The number of pyridine rings is 1. The minimum atomic E-state index is -0.253. The van der Waals surface area contributed by atoms with Crippen molar-refractivity contribution in [3.8, 4) is 0 Å². The molecule has 2 aromatic rings. The smallest absolute Gasteiger partial charge is 0.261 e. The third kappa shape index (κ3) is 4.36. The number of nitrogens with zero attached hydrogens (tertiary/aromatic N) is 3. The minimum Gasteiger partial charge on any atom is -0.371 e. The van der Waals surface area contributed by atoms with Crippen molar-refractivity contribution >= 4 is 33.4 Å². The van der Waals surface area contributed by atoms with Crippen LogP contribution in [0, 0.1) is 0 Å². The lowest BCUT2D eigenvalue weighted by molar-refractivity contribution is -0.135. The predicted molar refractivity (Wildman–Crippen MR) is 118 cm³/mol. The van der Waals surface area contributed by atoms with Crippen molar-refractivity contribution in [2.45, 2.75) is 44.2 Å². The van der Waals surface area contributed by atoms with E-state index >= 15 is 0 Å². The maximum atomic E-state index is 12.9. The van der Waals surface area contributed by atoms with Crippen LogP contribution in [0.2, 0.25) is 0 Å². The molecule has 162 valence electrons. The largest absolute Gasteiger partial charge is 0.371 e. The van der Waals surface area contributed by atoms with Crippen molar-refractivity contribution in [1.82, 2.24) is 20.1 Å². The van der Waals surface area contributed by atoms with Gasteiger partial charge in [-0.05, 0) is 18.9 Å². The van der Waals surface area contributed by atoms with Crippen molar-refractivity contribution in [1.29, 1.82) is 0 Å². The fraction of sp³-hybridized carbons (Fsp3) is 0.591. The second kappa shape index (κ2) is 9.41. The summed E-state index contributed by atoms with van der Waals surface area (Å²) in [5.41, 5.74) is 0.889. The number of amides is 2. The van der Waals surface area contributed by atoms with E-state index in [0.29, 0.717) is 30.6 Å². The third-order valence-corrected chi connectivity index (χ3v) is 7.41. The number of fused-ring (bicyclic) bond motifs is 1. The number of carbonyl (C=O) groups is 2. The number of hydrogen-bond acceptors (Lipinski definition) is 6. The first-order chi connectivity index (χ1) is 14.6. The molecule has 1 aliphatic carbocycles. The Morgan fingerprint density at radius 3 is 2.90 bits per heavy atom. The van der Waals surface area contributed by atoms with E-state index in [4.69, 9.17) is 4.74 Å². The van der Waals surface area contributed by atoms with Crippen molar-refractivity contribution in [2.75, 3.05) is 40.3 Å². The van der Waals surface area contributed by atoms with Crippen molar-refractivity contribution in [3.05, 3.63) is 28.8 Å². The number of ether oxygens (including phenoxy) is 1. The average molecular weight is 431 g/mol. The lowest BCUT2D eigenvalue weighted by Crippen LogP contribution is -2.47. The molecule has 1 aliphatic heterocycles. The van der Waals surface area contributed by atoms with E-state index in [0.717, 1.165) is 35.2 Å². The third-order valence-electron chi connectivity index (χ3n) is 6.29. The van der Waals surface area contributed by atoms with Crippen LogP contribution in [0.1, 0.15) is 53.4 Å². The van der Waals surface area contributed by atoms with Gasteiger partial charge >= 0.3 is 0 Å². The zero-order chi connectivity index (χ0) is 21.1. The van der Waals surface area contributed by atoms with Gasteiger partial charge < -0.3 is 15.0 Å². The van der Waals surface area contributed by atoms with Crippen LogP contribution in [0.3, 0.4) is 0 Å². The zero-order valence-corrected chi connectivity index (χ0v) is 18.5. The van der Waals surface area contributed by atoms with Crippen LogP contribution in [0.15, 0.2) is 18.3 Å². The highest BCUT2D eigenvalue weighted by Crippen LogP contribution is 2.37. The molecule has 0 unspecified atom stereocenters. The molecule has 0 bridgehead atoms. The summed E-state index contributed by atoms with van der Waals surface area (Å²) >= 11 is 1.39. The quantitative estimate of drug-likeness (QED) is 0.790. The molecule has 7 nitrogen and oxygen atoms in total. The predicted octanol–water partition coefficient (Wildman–Crippen LogP) is 2.82. The van der Waals surface area contributed by atoms with Crippen LogP contribution in [0.4, 0.5) is 0 Å². The first-order valence-corrected chi connectivity index (χ1v) is 11.6. The molecular formula is C22H30N4O3S. The first-order valence-electron chi connectivity index (χ1n) is 10.8. The number of hydrogen-bond donors (Lipinski definition) is 1. The lowest BCUT2D eigenvalue weighted by atomic mass is 9.94. The Balaban J connectivity index is 1.50. The molecular weight excluding hydrogens is 400 g/mol. The highest BCUT2D eigenvalue weighted by molar-refractivity contribution is 7.20. The van der Waals surface area contributed by atoms with Gasteiger partial charge in [-0.2, -0.15) is 0 Å². The zero-order valence-electron chi connectivity index (χ0n) is 17.7. The van der Waals surface area contributed by atoms with Crippen molar-refractivity contribution in [2.24, 2.45) is 0 Å². The topological polar surface area (TPSA) is 74.8 Å². The summed E-state index contributed by atoms with van der Waals surface area (Å²) in [4.78, 5) is 35.4. The number of morpholine rings is 1. The normalized spacial score (nSPS) is 20.9. The Kier molecular flexibility index (Phi) is 6.65. The van der Waals surface area contributed by atoms with Gasteiger partial charge in [-0.15, -0.1) is 11.3 Å². The first kappa shape index (κ1) is 21.2. The average Bonchev–Trinajstić information content (AvgIpc) is 3.18. The highest BCUT2D eigenvalue weighted by atomic mass is 32.1. The maximum Gasteiger partial charge on any atom is 0.261 e. The summed E-state index contributed by atoms with van der Waals surface area (Å²) in [6.07, 6.45) is 7.41. The van der Waals surface area contributed by atoms with Gasteiger partial charge in [0.25, 0.3) is 5.91 Å². The van der Waals surface area contributed by atoms with Crippen LogP contribution in [-0.2, 0) is 9.53 Å². The Bertz CT molecular complexity index is 909. The van der Waals surface area contributed by atoms with E-state index in [1.54, 1.807) is 13.2 Å². The second-order valence-corrected chi connectivity index (χ2v) is 9.17. The molecule has 3 heterocycles. The number of likely N-dealkylation sites (N-methyl/N-ethyl adjacent to an activating group) is 1. The summed E-state index contributed by atoms with van der Waals surface area (Å²) in [5, 5.41) is 3.69. The van der Waals surface area contributed by atoms with E-state index in [1.165, 1.54) is 30.6 Å². The molecule has 4 rings (SSSR count). The molecule has 0 radical (unpaired) electrons. The second-order valence-electron chi connectivity index (χ2n) is 8.17. The molecule has 2 amide bonds. The van der Waals surface area contributed by atoms with Crippen LogP contribution in [-0.4, -0.2) is 73.0 Å². The van der Waals surface area contributed by atoms with Gasteiger partial charge in [0.05, 0.1) is 19.3 Å². The minimum absolute atomic E-state index is 0.123. The van der Waals surface area contributed by atoms with E-state index in [-0.39, 0.29) is 17.9 Å². The molecule has 2 fully saturated rings. The SMILES string of the molecule is CNC(=O)c1sc2ncccc2c1[C@@H]1CN(CC(=O)N(C)C2CCCCC2)CCO1. The van der Waals surface area contributed by atoms with Crippen LogP contribution < -0.4 is 5.32 Å². The van der Waals surface area contributed by atoms with E-state index < -0.39 is 0 Å². The molecule has 1 saturated carbocycles. The Morgan fingerprint density at radius 1 is 1.33 bits per heavy atom. The summed E-state index contributed by atoms with van der Waals surface area (Å²) in [5.74, 6) is 0.0488. The highest BCUT2D eigenvalue weighted by Gasteiger charge is 2.31. The van der Waals surface area contributed by atoms with Gasteiger partial charge in [0.2, 0.25) is 5.91 Å². The molecule has 0 aromatic carbocycles.